The minimum atomic E-state index is -0.464. The summed E-state index contributed by atoms with van der Waals surface area (Å²) in [4.78, 5) is 24.5. The molecule has 0 spiro atoms. The summed E-state index contributed by atoms with van der Waals surface area (Å²) in [6, 6.07) is 5.08. The summed E-state index contributed by atoms with van der Waals surface area (Å²) in [6.07, 6.45) is 0. The Morgan fingerprint density at radius 3 is 1.86 bits per heavy atom. The van der Waals surface area contributed by atoms with Gasteiger partial charge in [0, 0.05) is 11.8 Å². The van der Waals surface area contributed by atoms with Gasteiger partial charge in [0.05, 0.1) is 28.4 Å². The number of nitrogens with zero attached hydrogens (tertiary/aromatic N) is 1. The molecule has 0 radical (unpaired) electrons. The van der Waals surface area contributed by atoms with Crippen LogP contribution in [0.15, 0.2) is 18.2 Å². The third kappa shape index (κ3) is 4.55. The molecule has 0 aliphatic carbocycles. The largest absolute Gasteiger partial charge is 0.493 e. The molecule has 0 saturated heterocycles. The number of ether oxygens (including phenoxy) is 4. The molecule has 0 amide bonds. The van der Waals surface area contributed by atoms with Gasteiger partial charge in [-0.15, -0.1) is 0 Å². The zero-order chi connectivity index (χ0) is 15.8. The van der Waals surface area contributed by atoms with Crippen molar-refractivity contribution in [2.75, 3.05) is 46.4 Å². The average Bonchev–Trinajstić information content (AvgIpc) is 2.52. The smallest absolute Gasteiger partial charge is 0.325 e. The van der Waals surface area contributed by atoms with Crippen LogP contribution in [-0.4, -0.2) is 53.5 Å². The van der Waals surface area contributed by atoms with Crippen molar-refractivity contribution >= 4 is 17.6 Å². The Bertz CT molecular complexity index is 484. The van der Waals surface area contributed by atoms with Gasteiger partial charge < -0.3 is 23.8 Å². The van der Waals surface area contributed by atoms with Crippen molar-refractivity contribution in [1.29, 1.82) is 0 Å². The molecule has 0 atom stereocenters. The summed E-state index contributed by atoms with van der Waals surface area (Å²) in [6.45, 7) is -0.165. The van der Waals surface area contributed by atoms with Gasteiger partial charge in [-0.05, 0) is 12.1 Å². The van der Waals surface area contributed by atoms with E-state index in [1.165, 1.54) is 33.3 Å². The van der Waals surface area contributed by atoms with Crippen LogP contribution in [-0.2, 0) is 19.1 Å². The van der Waals surface area contributed by atoms with E-state index < -0.39 is 11.9 Å². The minimum Gasteiger partial charge on any atom is -0.493 e. The number of carbonyl (C=O) groups is 2. The van der Waals surface area contributed by atoms with Crippen LogP contribution >= 0.6 is 0 Å². The second-order valence-corrected chi connectivity index (χ2v) is 4.05. The molecule has 7 heteroatoms. The standard InChI is InChI=1S/C14H19NO6/c1-18-11-6-5-10(7-12(11)19-2)15(8-13(16)20-3)9-14(17)21-4/h5-7H,8-9H2,1-4H3. The predicted molar refractivity (Wildman–Crippen MR) is 75.8 cm³/mol. The van der Waals surface area contributed by atoms with E-state index in [-0.39, 0.29) is 13.1 Å². The molecule has 1 aromatic rings. The van der Waals surface area contributed by atoms with Gasteiger partial charge in [-0.1, -0.05) is 0 Å². The quantitative estimate of drug-likeness (QED) is 0.691. The summed E-state index contributed by atoms with van der Waals surface area (Å²) >= 11 is 0. The Morgan fingerprint density at radius 2 is 1.43 bits per heavy atom. The minimum absolute atomic E-state index is 0.0823. The number of rotatable bonds is 7. The van der Waals surface area contributed by atoms with E-state index in [1.807, 2.05) is 0 Å². The fraction of sp³-hybridized carbons (Fsp3) is 0.429. The Labute approximate surface area is 123 Å². The first-order valence-corrected chi connectivity index (χ1v) is 6.16. The Hall–Kier alpha value is -2.44. The van der Waals surface area contributed by atoms with Crippen LogP contribution in [0, 0.1) is 0 Å². The van der Waals surface area contributed by atoms with Gasteiger partial charge in [-0.25, -0.2) is 0 Å². The lowest BCUT2D eigenvalue weighted by molar-refractivity contribution is -0.140. The molecular formula is C14H19NO6. The monoisotopic (exact) mass is 297 g/mol. The predicted octanol–water partition coefficient (Wildman–Crippen LogP) is 0.856. The highest BCUT2D eigenvalue weighted by atomic mass is 16.5. The average molecular weight is 297 g/mol. The van der Waals surface area contributed by atoms with Crippen molar-refractivity contribution in [3.63, 3.8) is 0 Å². The third-order valence-electron chi connectivity index (χ3n) is 2.83. The molecule has 0 unspecified atom stereocenters. The van der Waals surface area contributed by atoms with Gasteiger partial charge >= 0.3 is 11.9 Å². The highest BCUT2D eigenvalue weighted by Gasteiger charge is 2.17. The third-order valence-corrected chi connectivity index (χ3v) is 2.83. The Morgan fingerprint density at radius 1 is 0.905 bits per heavy atom. The van der Waals surface area contributed by atoms with Gasteiger partial charge in [-0.2, -0.15) is 0 Å². The molecule has 7 nitrogen and oxygen atoms in total. The summed E-state index contributed by atoms with van der Waals surface area (Å²) in [5.74, 6) is 0.120. The van der Waals surface area contributed by atoms with Crippen molar-refractivity contribution < 1.29 is 28.5 Å². The molecule has 21 heavy (non-hydrogen) atoms. The zero-order valence-corrected chi connectivity index (χ0v) is 12.5. The highest BCUT2D eigenvalue weighted by Crippen LogP contribution is 2.31. The van der Waals surface area contributed by atoms with Gasteiger partial charge in [0.25, 0.3) is 0 Å². The van der Waals surface area contributed by atoms with Crippen LogP contribution in [0.4, 0.5) is 5.69 Å². The lowest BCUT2D eigenvalue weighted by Crippen LogP contribution is -2.35. The summed E-state index contributed by atoms with van der Waals surface area (Å²) in [5, 5.41) is 0. The van der Waals surface area contributed by atoms with E-state index in [1.54, 1.807) is 18.2 Å². The molecule has 0 saturated carbocycles. The van der Waals surface area contributed by atoms with Crippen molar-refractivity contribution in [1.82, 2.24) is 0 Å². The molecule has 0 N–H and O–H groups in total. The van der Waals surface area contributed by atoms with Crippen LogP contribution in [0.5, 0.6) is 11.5 Å². The molecule has 0 aromatic heterocycles. The molecule has 0 aliphatic heterocycles. The molecule has 1 rings (SSSR count). The molecule has 0 fully saturated rings. The van der Waals surface area contributed by atoms with Gasteiger partial charge in [0.1, 0.15) is 13.1 Å². The van der Waals surface area contributed by atoms with E-state index in [2.05, 4.69) is 9.47 Å². The van der Waals surface area contributed by atoms with Gasteiger partial charge in [-0.3, -0.25) is 9.59 Å². The van der Waals surface area contributed by atoms with Gasteiger partial charge in [0.2, 0.25) is 0 Å². The SMILES string of the molecule is COC(=O)CN(CC(=O)OC)c1ccc(OC)c(OC)c1. The fourth-order valence-electron chi connectivity index (χ4n) is 1.70. The van der Waals surface area contributed by atoms with Crippen molar-refractivity contribution in [2.45, 2.75) is 0 Å². The number of anilines is 1. The fourth-order valence-corrected chi connectivity index (χ4v) is 1.70. The van der Waals surface area contributed by atoms with E-state index in [0.717, 1.165) is 0 Å². The number of esters is 2. The van der Waals surface area contributed by atoms with E-state index in [9.17, 15) is 9.59 Å². The first kappa shape index (κ1) is 16.6. The van der Waals surface area contributed by atoms with E-state index >= 15 is 0 Å². The number of hydrogen-bond acceptors (Lipinski definition) is 7. The zero-order valence-electron chi connectivity index (χ0n) is 12.5. The summed E-state index contributed by atoms with van der Waals surface area (Å²) in [5.41, 5.74) is 0.614. The molecule has 1 aromatic carbocycles. The second-order valence-electron chi connectivity index (χ2n) is 4.05. The summed E-state index contributed by atoms with van der Waals surface area (Å²) in [7, 11) is 5.60. The van der Waals surface area contributed by atoms with Crippen LogP contribution < -0.4 is 14.4 Å². The highest BCUT2D eigenvalue weighted by molar-refractivity contribution is 5.81. The Kier molecular flexibility index (Phi) is 6.32. The van der Waals surface area contributed by atoms with Gasteiger partial charge in [0.15, 0.2) is 11.5 Å². The molecular weight excluding hydrogens is 278 g/mol. The van der Waals surface area contributed by atoms with E-state index in [4.69, 9.17) is 9.47 Å². The maximum absolute atomic E-state index is 11.5. The molecule has 116 valence electrons. The molecule has 0 bridgehead atoms. The maximum Gasteiger partial charge on any atom is 0.325 e. The topological polar surface area (TPSA) is 74.3 Å². The van der Waals surface area contributed by atoms with Crippen molar-refractivity contribution in [3.05, 3.63) is 18.2 Å². The number of carbonyl (C=O) groups excluding carboxylic acids is 2. The second kappa shape index (κ2) is 7.98. The number of methoxy groups -OCH3 is 4. The lowest BCUT2D eigenvalue weighted by Gasteiger charge is -2.23. The van der Waals surface area contributed by atoms with Crippen LogP contribution in [0.1, 0.15) is 0 Å². The van der Waals surface area contributed by atoms with Crippen LogP contribution in [0.25, 0.3) is 0 Å². The lowest BCUT2D eigenvalue weighted by atomic mass is 10.2. The van der Waals surface area contributed by atoms with Crippen molar-refractivity contribution in [3.8, 4) is 11.5 Å². The van der Waals surface area contributed by atoms with Crippen molar-refractivity contribution in [2.24, 2.45) is 0 Å². The Balaban J connectivity index is 3.06. The van der Waals surface area contributed by atoms with Crippen LogP contribution in [0.2, 0.25) is 0 Å². The molecule has 0 heterocycles. The maximum atomic E-state index is 11.5. The number of benzene rings is 1. The number of hydrogen-bond donors (Lipinski definition) is 0. The first-order chi connectivity index (χ1) is 10.0. The molecule has 0 aliphatic rings. The normalized spacial score (nSPS) is 9.71. The van der Waals surface area contributed by atoms with Crippen LogP contribution in [0.3, 0.4) is 0 Å². The van der Waals surface area contributed by atoms with E-state index in [0.29, 0.717) is 17.2 Å². The summed E-state index contributed by atoms with van der Waals surface area (Å²) < 4.78 is 19.6. The first-order valence-electron chi connectivity index (χ1n) is 6.16.